The fraction of sp³-hybridized carbons (Fsp3) is 0.133. The molecule has 0 spiro atoms. The zero-order chi connectivity index (χ0) is 14.5. The SMILES string of the molecule is COc1ccc(CC(=O)Nc2ccc(O)c(Cl)c2)cc1. The summed E-state index contributed by atoms with van der Waals surface area (Å²) in [5.41, 5.74) is 1.43. The lowest BCUT2D eigenvalue weighted by atomic mass is 10.1. The van der Waals surface area contributed by atoms with Crippen molar-refractivity contribution in [1.29, 1.82) is 0 Å². The van der Waals surface area contributed by atoms with Gasteiger partial charge in [0.1, 0.15) is 11.5 Å². The number of rotatable bonds is 4. The number of phenolic OH excluding ortho intramolecular Hbond substituents is 1. The lowest BCUT2D eigenvalue weighted by Crippen LogP contribution is -2.14. The van der Waals surface area contributed by atoms with E-state index in [0.717, 1.165) is 11.3 Å². The molecular weight excluding hydrogens is 278 g/mol. The van der Waals surface area contributed by atoms with E-state index >= 15 is 0 Å². The molecule has 0 atom stereocenters. The predicted molar refractivity (Wildman–Crippen MR) is 78.4 cm³/mol. The van der Waals surface area contributed by atoms with Crippen LogP contribution < -0.4 is 10.1 Å². The highest BCUT2D eigenvalue weighted by molar-refractivity contribution is 6.32. The van der Waals surface area contributed by atoms with Crippen LogP contribution in [-0.4, -0.2) is 18.1 Å². The molecule has 0 saturated heterocycles. The lowest BCUT2D eigenvalue weighted by Gasteiger charge is -2.07. The van der Waals surface area contributed by atoms with Gasteiger partial charge in [-0.2, -0.15) is 0 Å². The van der Waals surface area contributed by atoms with Crippen LogP contribution in [0.5, 0.6) is 11.5 Å². The second-order valence-electron chi connectivity index (χ2n) is 4.24. The van der Waals surface area contributed by atoms with Gasteiger partial charge in [-0.15, -0.1) is 0 Å². The molecule has 2 rings (SSSR count). The van der Waals surface area contributed by atoms with Gasteiger partial charge in [-0.1, -0.05) is 23.7 Å². The number of phenols is 1. The Morgan fingerprint density at radius 3 is 2.55 bits per heavy atom. The average molecular weight is 292 g/mol. The van der Waals surface area contributed by atoms with E-state index in [1.807, 2.05) is 12.1 Å². The molecule has 1 amide bonds. The van der Waals surface area contributed by atoms with Crippen molar-refractivity contribution in [3.05, 3.63) is 53.1 Å². The van der Waals surface area contributed by atoms with E-state index in [2.05, 4.69) is 5.32 Å². The van der Waals surface area contributed by atoms with Crippen molar-refractivity contribution >= 4 is 23.2 Å². The van der Waals surface area contributed by atoms with Crippen LogP contribution in [0.2, 0.25) is 5.02 Å². The summed E-state index contributed by atoms with van der Waals surface area (Å²) >= 11 is 5.78. The third-order valence-electron chi connectivity index (χ3n) is 2.76. The zero-order valence-corrected chi connectivity index (χ0v) is 11.6. The van der Waals surface area contributed by atoms with Crippen molar-refractivity contribution in [3.8, 4) is 11.5 Å². The number of hydrogen-bond acceptors (Lipinski definition) is 3. The molecule has 0 aliphatic carbocycles. The van der Waals surface area contributed by atoms with Gasteiger partial charge in [0.25, 0.3) is 0 Å². The van der Waals surface area contributed by atoms with Gasteiger partial charge in [0.15, 0.2) is 0 Å². The quantitative estimate of drug-likeness (QED) is 0.850. The molecule has 5 heteroatoms. The van der Waals surface area contributed by atoms with Crippen molar-refractivity contribution in [2.45, 2.75) is 6.42 Å². The number of anilines is 1. The fourth-order valence-electron chi connectivity index (χ4n) is 1.72. The van der Waals surface area contributed by atoms with Crippen LogP contribution >= 0.6 is 11.6 Å². The summed E-state index contributed by atoms with van der Waals surface area (Å²) in [6.45, 7) is 0. The van der Waals surface area contributed by atoms with Gasteiger partial charge in [-0.3, -0.25) is 4.79 Å². The van der Waals surface area contributed by atoms with Crippen LogP contribution in [0.3, 0.4) is 0 Å². The number of amides is 1. The summed E-state index contributed by atoms with van der Waals surface area (Å²) in [7, 11) is 1.59. The standard InChI is InChI=1S/C15H14ClNO3/c1-20-12-5-2-10(3-6-12)8-15(19)17-11-4-7-14(18)13(16)9-11/h2-7,9,18H,8H2,1H3,(H,17,19). The number of methoxy groups -OCH3 is 1. The first-order valence-corrected chi connectivity index (χ1v) is 6.37. The Bertz CT molecular complexity index is 611. The molecule has 0 unspecified atom stereocenters. The molecule has 2 aromatic rings. The van der Waals surface area contributed by atoms with Crippen LogP contribution in [0.1, 0.15) is 5.56 Å². The van der Waals surface area contributed by atoms with Gasteiger partial charge >= 0.3 is 0 Å². The van der Waals surface area contributed by atoms with E-state index in [0.29, 0.717) is 5.69 Å². The number of carbonyl (C=O) groups excluding carboxylic acids is 1. The molecule has 0 aliphatic heterocycles. The summed E-state index contributed by atoms with van der Waals surface area (Å²) in [5.74, 6) is 0.580. The van der Waals surface area contributed by atoms with E-state index < -0.39 is 0 Å². The summed E-state index contributed by atoms with van der Waals surface area (Å²) in [6.07, 6.45) is 0.252. The number of nitrogens with one attached hydrogen (secondary N) is 1. The van der Waals surface area contributed by atoms with Gasteiger partial charge in [-0.25, -0.2) is 0 Å². The third-order valence-corrected chi connectivity index (χ3v) is 3.06. The maximum absolute atomic E-state index is 11.9. The van der Waals surface area contributed by atoms with E-state index in [4.69, 9.17) is 16.3 Å². The average Bonchev–Trinajstić information content (AvgIpc) is 2.44. The summed E-state index contributed by atoms with van der Waals surface area (Å²) < 4.78 is 5.06. The molecule has 0 aromatic heterocycles. The van der Waals surface area contributed by atoms with Crippen LogP contribution in [-0.2, 0) is 11.2 Å². The Labute approximate surface area is 122 Å². The van der Waals surface area contributed by atoms with Crippen molar-refractivity contribution in [2.75, 3.05) is 12.4 Å². The van der Waals surface area contributed by atoms with Crippen molar-refractivity contribution in [3.63, 3.8) is 0 Å². The van der Waals surface area contributed by atoms with Crippen LogP contribution in [0.4, 0.5) is 5.69 Å². The van der Waals surface area contributed by atoms with Gasteiger partial charge < -0.3 is 15.2 Å². The van der Waals surface area contributed by atoms with Crippen molar-refractivity contribution < 1.29 is 14.6 Å². The van der Waals surface area contributed by atoms with Crippen LogP contribution in [0.25, 0.3) is 0 Å². The fourth-order valence-corrected chi connectivity index (χ4v) is 1.90. The molecule has 2 aromatic carbocycles. The second-order valence-corrected chi connectivity index (χ2v) is 4.65. The highest BCUT2D eigenvalue weighted by atomic mass is 35.5. The number of ether oxygens (including phenoxy) is 1. The Hall–Kier alpha value is -2.20. The van der Waals surface area contributed by atoms with Crippen molar-refractivity contribution in [1.82, 2.24) is 0 Å². The third kappa shape index (κ3) is 3.65. The number of halogens is 1. The minimum Gasteiger partial charge on any atom is -0.506 e. The number of aromatic hydroxyl groups is 1. The van der Waals surface area contributed by atoms with Gasteiger partial charge in [-0.05, 0) is 35.9 Å². The molecule has 0 fully saturated rings. The molecule has 0 radical (unpaired) electrons. The van der Waals surface area contributed by atoms with Crippen LogP contribution in [0, 0.1) is 0 Å². The minimum atomic E-state index is -0.156. The Morgan fingerprint density at radius 1 is 1.25 bits per heavy atom. The zero-order valence-electron chi connectivity index (χ0n) is 10.9. The molecule has 4 nitrogen and oxygen atoms in total. The first-order chi connectivity index (χ1) is 9.58. The van der Waals surface area contributed by atoms with E-state index in [9.17, 15) is 9.90 Å². The number of hydrogen-bond donors (Lipinski definition) is 2. The Kier molecular flexibility index (Phi) is 4.48. The highest BCUT2D eigenvalue weighted by Gasteiger charge is 2.06. The molecular formula is C15H14ClNO3. The molecule has 2 N–H and O–H groups in total. The minimum absolute atomic E-state index is 0.0141. The van der Waals surface area contributed by atoms with Gasteiger partial charge in [0, 0.05) is 5.69 Å². The van der Waals surface area contributed by atoms with E-state index in [1.165, 1.54) is 12.1 Å². The largest absolute Gasteiger partial charge is 0.506 e. The molecule has 0 heterocycles. The molecule has 0 saturated carbocycles. The molecule has 0 bridgehead atoms. The maximum atomic E-state index is 11.9. The second kappa shape index (κ2) is 6.30. The monoisotopic (exact) mass is 291 g/mol. The molecule has 104 valence electrons. The van der Waals surface area contributed by atoms with Gasteiger partial charge in [0.05, 0.1) is 18.6 Å². The van der Waals surface area contributed by atoms with Gasteiger partial charge in [0.2, 0.25) is 5.91 Å². The maximum Gasteiger partial charge on any atom is 0.228 e. The summed E-state index contributed by atoms with van der Waals surface area (Å²) in [6, 6.07) is 11.8. The van der Waals surface area contributed by atoms with E-state index in [-0.39, 0.29) is 23.1 Å². The van der Waals surface area contributed by atoms with E-state index in [1.54, 1.807) is 25.3 Å². The Balaban J connectivity index is 1.99. The summed E-state index contributed by atoms with van der Waals surface area (Å²) in [5, 5.41) is 12.2. The van der Waals surface area contributed by atoms with Crippen LogP contribution in [0.15, 0.2) is 42.5 Å². The smallest absolute Gasteiger partial charge is 0.228 e. The number of carbonyl (C=O) groups is 1. The summed E-state index contributed by atoms with van der Waals surface area (Å²) in [4.78, 5) is 11.9. The Morgan fingerprint density at radius 2 is 1.95 bits per heavy atom. The topological polar surface area (TPSA) is 58.6 Å². The number of benzene rings is 2. The highest BCUT2D eigenvalue weighted by Crippen LogP contribution is 2.26. The molecule has 20 heavy (non-hydrogen) atoms. The molecule has 0 aliphatic rings. The normalized spacial score (nSPS) is 10.1. The predicted octanol–water partition coefficient (Wildman–Crippen LogP) is 3.24. The lowest BCUT2D eigenvalue weighted by molar-refractivity contribution is -0.115. The first-order valence-electron chi connectivity index (χ1n) is 6.00. The van der Waals surface area contributed by atoms with Crippen molar-refractivity contribution in [2.24, 2.45) is 0 Å². The first kappa shape index (κ1) is 14.2.